The summed E-state index contributed by atoms with van der Waals surface area (Å²) >= 11 is 0. The van der Waals surface area contributed by atoms with Crippen LogP contribution in [-0.2, 0) is 4.79 Å². The van der Waals surface area contributed by atoms with Crippen LogP contribution < -0.4 is 5.73 Å². The first-order chi connectivity index (χ1) is 12.2. The normalized spacial score (nSPS) is 26.1. The molecule has 1 saturated carbocycles. The van der Waals surface area contributed by atoms with E-state index in [9.17, 15) is 4.79 Å². The second-order valence-electron chi connectivity index (χ2n) is 7.68. The lowest BCUT2D eigenvalue weighted by Crippen LogP contribution is -2.46. The molecule has 4 nitrogen and oxygen atoms in total. The van der Waals surface area contributed by atoms with Crippen molar-refractivity contribution in [1.29, 1.82) is 0 Å². The lowest BCUT2D eigenvalue weighted by molar-refractivity contribution is -0.138. The van der Waals surface area contributed by atoms with E-state index in [1.807, 2.05) is 0 Å². The van der Waals surface area contributed by atoms with E-state index in [-0.39, 0.29) is 30.7 Å². The highest BCUT2D eigenvalue weighted by Gasteiger charge is 2.38. The van der Waals surface area contributed by atoms with Gasteiger partial charge in [-0.2, -0.15) is 0 Å². The van der Waals surface area contributed by atoms with Gasteiger partial charge in [-0.25, -0.2) is 0 Å². The molecule has 154 valence electrons. The van der Waals surface area contributed by atoms with Crippen LogP contribution in [0.1, 0.15) is 51.1 Å². The Bertz CT molecular complexity index is 572. The number of benzene rings is 1. The molecule has 1 aromatic carbocycles. The van der Waals surface area contributed by atoms with Crippen molar-refractivity contribution in [2.75, 3.05) is 26.2 Å². The van der Waals surface area contributed by atoms with Gasteiger partial charge in [0.1, 0.15) is 0 Å². The Morgan fingerprint density at radius 2 is 1.93 bits per heavy atom. The van der Waals surface area contributed by atoms with Crippen molar-refractivity contribution in [1.82, 2.24) is 9.80 Å². The number of likely N-dealkylation sites (tertiary alicyclic amines) is 1. The fourth-order valence-electron chi connectivity index (χ4n) is 4.77. The zero-order valence-corrected chi connectivity index (χ0v) is 18.2. The number of carbonyl (C=O) groups excluding carboxylic acids is 1. The van der Waals surface area contributed by atoms with Crippen molar-refractivity contribution >= 4 is 30.7 Å². The molecule has 2 aliphatic rings. The molecule has 0 bridgehead atoms. The molecule has 0 spiro atoms. The minimum absolute atomic E-state index is 0. The fourth-order valence-corrected chi connectivity index (χ4v) is 4.77. The summed E-state index contributed by atoms with van der Waals surface area (Å²) in [7, 11) is 0. The van der Waals surface area contributed by atoms with Crippen molar-refractivity contribution in [3.63, 3.8) is 0 Å². The van der Waals surface area contributed by atoms with Crippen molar-refractivity contribution < 1.29 is 4.79 Å². The highest BCUT2D eigenvalue weighted by Crippen LogP contribution is 2.34. The maximum Gasteiger partial charge on any atom is 0.226 e. The molecule has 2 fully saturated rings. The SMILES string of the molecule is CCN(C(=O)[C@@H]1CCC[C@@H]1CN)C1CCN(C(C)c2ccccc2)C1.Cl.Cl. The maximum absolute atomic E-state index is 13.1. The molecule has 2 unspecified atom stereocenters. The number of nitrogens with two attached hydrogens (primary N) is 1. The summed E-state index contributed by atoms with van der Waals surface area (Å²) in [4.78, 5) is 17.8. The first-order valence-corrected chi connectivity index (χ1v) is 9.95. The van der Waals surface area contributed by atoms with Gasteiger partial charge in [-0.1, -0.05) is 36.8 Å². The number of hydrogen-bond acceptors (Lipinski definition) is 3. The van der Waals surface area contributed by atoms with E-state index in [2.05, 4.69) is 54.0 Å². The molecular formula is C21H35Cl2N3O. The molecular weight excluding hydrogens is 381 g/mol. The van der Waals surface area contributed by atoms with Gasteiger partial charge in [0.25, 0.3) is 0 Å². The summed E-state index contributed by atoms with van der Waals surface area (Å²) in [5, 5.41) is 0. The lowest BCUT2D eigenvalue weighted by Gasteiger charge is -2.33. The van der Waals surface area contributed by atoms with Crippen LogP contribution in [0.4, 0.5) is 0 Å². The van der Waals surface area contributed by atoms with Crippen LogP contribution in [0.3, 0.4) is 0 Å². The van der Waals surface area contributed by atoms with E-state index < -0.39 is 0 Å². The average molecular weight is 416 g/mol. The second-order valence-corrected chi connectivity index (χ2v) is 7.68. The van der Waals surface area contributed by atoms with Crippen molar-refractivity contribution in [3.8, 4) is 0 Å². The number of hydrogen-bond donors (Lipinski definition) is 1. The number of nitrogens with zero attached hydrogens (tertiary/aromatic N) is 2. The molecule has 1 amide bonds. The van der Waals surface area contributed by atoms with Crippen LogP contribution in [-0.4, -0.2) is 47.9 Å². The van der Waals surface area contributed by atoms with E-state index in [0.717, 1.165) is 45.3 Å². The summed E-state index contributed by atoms with van der Waals surface area (Å²) in [6.07, 6.45) is 4.37. The second kappa shape index (κ2) is 11.3. The van der Waals surface area contributed by atoms with Crippen LogP contribution in [0, 0.1) is 11.8 Å². The van der Waals surface area contributed by atoms with E-state index in [1.165, 1.54) is 5.56 Å². The van der Waals surface area contributed by atoms with Crippen molar-refractivity contribution in [2.45, 2.75) is 51.6 Å². The van der Waals surface area contributed by atoms with Gasteiger partial charge in [0.2, 0.25) is 5.91 Å². The van der Waals surface area contributed by atoms with E-state index in [1.54, 1.807) is 0 Å². The van der Waals surface area contributed by atoms with Crippen molar-refractivity contribution in [3.05, 3.63) is 35.9 Å². The molecule has 1 aliphatic carbocycles. The molecule has 1 saturated heterocycles. The topological polar surface area (TPSA) is 49.6 Å². The third kappa shape index (κ3) is 5.38. The fraction of sp³-hybridized carbons (Fsp3) is 0.667. The van der Waals surface area contributed by atoms with Gasteiger partial charge in [-0.05, 0) is 51.1 Å². The highest BCUT2D eigenvalue weighted by atomic mass is 35.5. The van der Waals surface area contributed by atoms with Gasteiger partial charge in [0.15, 0.2) is 0 Å². The highest BCUT2D eigenvalue weighted by molar-refractivity contribution is 5.85. The summed E-state index contributed by atoms with van der Waals surface area (Å²) in [6, 6.07) is 11.4. The minimum Gasteiger partial charge on any atom is -0.338 e. The lowest BCUT2D eigenvalue weighted by atomic mass is 9.94. The molecule has 1 aliphatic heterocycles. The third-order valence-corrected chi connectivity index (χ3v) is 6.37. The van der Waals surface area contributed by atoms with E-state index in [4.69, 9.17) is 5.73 Å². The minimum atomic E-state index is 0. The standard InChI is InChI=1S/C21H33N3O.2ClH/c1-3-24(21(25)20-11-7-10-18(20)14-22)19-12-13-23(15-19)16(2)17-8-5-4-6-9-17;;/h4-6,8-9,16,18-20H,3,7,10-15,22H2,1-2H3;2*1H/t16?,18-,19?,20-;;/m1../s1. The Morgan fingerprint density at radius 1 is 1.22 bits per heavy atom. The molecule has 1 aromatic rings. The van der Waals surface area contributed by atoms with Crippen LogP contribution >= 0.6 is 24.8 Å². The number of halogens is 2. The number of likely N-dealkylation sites (N-methyl/N-ethyl adjacent to an activating group) is 1. The van der Waals surface area contributed by atoms with Gasteiger partial charge < -0.3 is 10.6 Å². The largest absolute Gasteiger partial charge is 0.338 e. The molecule has 0 radical (unpaired) electrons. The number of carbonyl (C=O) groups is 1. The Balaban J connectivity index is 0.00000182. The first-order valence-electron chi connectivity index (χ1n) is 9.95. The smallest absolute Gasteiger partial charge is 0.226 e. The van der Waals surface area contributed by atoms with Crippen LogP contribution in [0.5, 0.6) is 0 Å². The monoisotopic (exact) mass is 415 g/mol. The van der Waals surface area contributed by atoms with E-state index in [0.29, 0.717) is 30.5 Å². The van der Waals surface area contributed by atoms with Gasteiger partial charge in [0, 0.05) is 37.6 Å². The quantitative estimate of drug-likeness (QED) is 0.766. The third-order valence-electron chi connectivity index (χ3n) is 6.37. The summed E-state index contributed by atoms with van der Waals surface area (Å²) in [6.45, 7) is 7.90. The summed E-state index contributed by atoms with van der Waals surface area (Å²) in [5.74, 6) is 0.905. The zero-order chi connectivity index (χ0) is 17.8. The molecule has 4 atom stereocenters. The van der Waals surface area contributed by atoms with Crippen LogP contribution in [0.15, 0.2) is 30.3 Å². The molecule has 3 rings (SSSR count). The molecule has 1 heterocycles. The van der Waals surface area contributed by atoms with Gasteiger partial charge >= 0.3 is 0 Å². The Morgan fingerprint density at radius 3 is 2.56 bits per heavy atom. The molecule has 6 heteroatoms. The van der Waals surface area contributed by atoms with Crippen LogP contribution in [0.2, 0.25) is 0 Å². The van der Waals surface area contributed by atoms with Crippen LogP contribution in [0.25, 0.3) is 0 Å². The Hall–Kier alpha value is -0.810. The van der Waals surface area contributed by atoms with Gasteiger partial charge in [-0.15, -0.1) is 24.8 Å². The molecule has 0 aromatic heterocycles. The van der Waals surface area contributed by atoms with Crippen molar-refractivity contribution in [2.24, 2.45) is 17.6 Å². The summed E-state index contributed by atoms with van der Waals surface area (Å²) < 4.78 is 0. The van der Waals surface area contributed by atoms with E-state index >= 15 is 0 Å². The maximum atomic E-state index is 13.1. The number of amides is 1. The Kier molecular flexibility index (Phi) is 10.1. The molecule has 27 heavy (non-hydrogen) atoms. The first kappa shape index (κ1) is 24.2. The Labute approximate surface area is 176 Å². The average Bonchev–Trinajstić information content (AvgIpc) is 3.31. The summed E-state index contributed by atoms with van der Waals surface area (Å²) in [5.41, 5.74) is 7.26. The zero-order valence-electron chi connectivity index (χ0n) is 16.5. The number of rotatable bonds is 6. The predicted molar refractivity (Wildman–Crippen MR) is 117 cm³/mol. The molecule has 2 N–H and O–H groups in total. The predicted octanol–water partition coefficient (Wildman–Crippen LogP) is 3.89. The van der Waals surface area contributed by atoms with Gasteiger partial charge in [0.05, 0.1) is 0 Å². The van der Waals surface area contributed by atoms with Gasteiger partial charge in [-0.3, -0.25) is 9.69 Å².